The fraction of sp³-hybridized carbons (Fsp3) is 0.447. The van der Waals surface area contributed by atoms with E-state index >= 15 is 0 Å². The number of aliphatic hydroxyl groups is 2. The SMILES string of the molecule is CC(C)C(NC(=O)CCN1C(=O)C=CC1=O)C(=O)N[C@@H](C)C(=O)Nc1ccc(COC(=O)N(C)CC(=O)N[C@@H]2[C@@H](O)[C@@H](O)[C@@H](Nc3ncnc4occc34)O[C@H]2C)cc1. The minimum Gasteiger partial charge on any atom is -0.446 e. The highest BCUT2D eigenvalue weighted by atomic mass is 16.6. The Hall–Kier alpha value is -6.45. The number of ether oxygens (including phenoxy) is 2. The third kappa shape index (κ3) is 11.1. The molecule has 21 nitrogen and oxygen atoms in total. The van der Waals surface area contributed by atoms with Crippen LogP contribution in [0, 0.1) is 5.92 Å². The smallest absolute Gasteiger partial charge is 0.410 e. The van der Waals surface area contributed by atoms with Crippen LogP contribution in [0.3, 0.4) is 0 Å². The summed E-state index contributed by atoms with van der Waals surface area (Å²) in [5, 5.41) is 35.6. The first-order valence-corrected chi connectivity index (χ1v) is 18.7. The van der Waals surface area contributed by atoms with Crippen LogP contribution in [-0.2, 0) is 44.8 Å². The fourth-order valence-corrected chi connectivity index (χ4v) is 6.14. The minimum absolute atomic E-state index is 0.140. The lowest BCUT2D eigenvalue weighted by Crippen LogP contribution is -2.64. The zero-order chi connectivity index (χ0) is 43.0. The van der Waals surface area contributed by atoms with Crippen LogP contribution in [0.5, 0.6) is 0 Å². The van der Waals surface area contributed by atoms with Gasteiger partial charge < -0.3 is 55.6 Å². The molecule has 0 radical (unpaired) electrons. The van der Waals surface area contributed by atoms with Crippen molar-refractivity contribution in [1.82, 2.24) is 35.7 Å². The lowest BCUT2D eigenvalue weighted by atomic mass is 9.96. The van der Waals surface area contributed by atoms with Gasteiger partial charge in [0.25, 0.3) is 11.8 Å². The highest BCUT2D eigenvalue weighted by molar-refractivity contribution is 6.13. The molecule has 316 valence electrons. The summed E-state index contributed by atoms with van der Waals surface area (Å²) in [6, 6.07) is 4.96. The maximum Gasteiger partial charge on any atom is 0.410 e. The van der Waals surface area contributed by atoms with E-state index in [4.69, 9.17) is 13.9 Å². The van der Waals surface area contributed by atoms with Crippen molar-refractivity contribution in [3.63, 3.8) is 0 Å². The number of benzene rings is 1. The number of furan rings is 1. The predicted molar refractivity (Wildman–Crippen MR) is 206 cm³/mol. The Morgan fingerprint density at radius 2 is 1.63 bits per heavy atom. The van der Waals surface area contributed by atoms with Crippen LogP contribution in [0.1, 0.15) is 39.7 Å². The van der Waals surface area contributed by atoms with E-state index in [0.29, 0.717) is 28.2 Å². The molecule has 2 aliphatic rings. The van der Waals surface area contributed by atoms with Crippen LogP contribution in [0.25, 0.3) is 11.1 Å². The first kappa shape index (κ1) is 43.7. The summed E-state index contributed by atoms with van der Waals surface area (Å²) in [6.07, 6.45) is -0.842. The zero-order valence-electron chi connectivity index (χ0n) is 32.9. The van der Waals surface area contributed by atoms with Crippen LogP contribution in [0.15, 0.2) is 59.5 Å². The van der Waals surface area contributed by atoms with E-state index in [9.17, 15) is 43.8 Å². The third-order valence-corrected chi connectivity index (χ3v) is 9.52. The van der Waals surface area contributed by atoms with Crippen molar-refractivity contribution in [3.05, 3.63) is 60.6 Å². The van der Waals surface area contributed by atoms with E-state index in [2.05, 4.69) is 36.6 Å². The molecular weight excluding hydrogens is 774 g/mol. The topological polar surface area (TPSA) is 284 Å². The Labute approximate surface area is 337 Å². The Balaban J connectivity index is 1.02. The van der Waals surface area contributed by atoms with Gasteiger partial charge in [-0.25, -0.2) is 14.8 Å². The Bertz CT molecular complexity index is 2060. The molecule has 1 fully saturated rings. The van der Waals surface area contributed by atoms with Crippen LogP contribution in [0.2, 0.25) is 0 Å². The fourth-order valence-electron chi connectivity index (χ4n) is 6.14. The number of amides is 7. The normalized spacial score (nSPS) is 21.2. The first-order chi connectivity index (χ1) is 28.0. The van der Waals surface area contributed by atoms with Crippen molar-refractivity contribution in [2.75, 3.05) is 30.8 Å². The second-order valence-electron chi connectivity index (χ2n) is 14.4. The van der Waals surface area contributed by atoms with E-state index in [1.165, 1.54) is 26.6 Å². The summed E-state index contributed by atoms with van der Waals surface area (Å²) in [7, 11) is 1.35. The lowest BCUT2D eigenvalue weighted by Gasteiger charge is -2.42. The van der Waals surface area contributed by atoms with Gasteiger partial charge in [-0.1, -0.05) is 26.0 Å². The van der Waals surface area contributed by atoms with Gasteiger partial charge in [0.15, 0.2) is 6.23 Å². The first-order valence-electron chi connectivity index (χ1n) is 18.7. The lowest BCUT2D eigenvalue weighted by molar-refractivity contribution is -0.172. The predicted octanol–water partition coefficient (Wildman–Crippen LogP) is -0.246. The quantitative estimate of drug-likeness (QED) is 0.0918. The molecule has 0 bridgehead atoms. The largest absolute Gasteiger partial charge is 0.446 e. The van der Waals surface area contributed by atoms with Gasteiger partial charge in [0, 0.05) is 37.9 Å². The van der Waals surface area contributed by atoms with Crippen molar-refractivity contribution >= 4 is 64.1 Å². The third-order valence-electron chi connectivity index (χ3n) is 9.52. The summed E-state index contributed by atoms with van der Waals surface area (Å²) >= 11 is 0. The van der Waals surface area contributed by atoms with Crippen molar-refractivity contribution in [2.24, 2.45) is 5.92 Å². The molecule has 59 heavy (non-hydrogen) atoms. The molecule has 1 unspecified atom stereocenters. The molecule has 2 aliphatic heterocycles. The summed E-state index contributed by atoms with van der Waals surface area (Å²) in [6.45, 7) is 5.76. The number of hydrogen-bond donors (Lipinski definition) is 7. The molecule has 7 amide bonds. The number of nitrogens with zero attached hydrogens (tertiary/aromatic N) is 4. The molecule has 1 aromatic carbocycles. The van der Waals surface area contributed by atoms with E-state index in [0.717, 1.165) is 22.0 Å². The number of likely N-dealkylation sites (N-methyl/N-ethyl adjacent to an activating group) is 1. The van der Waals surface area contributed by atoms with Gasteiger partial charge in [-0.15, -0.1) is 0 Å². The van der Waals surface area contributed by atoms with Gasteiger partial charge in [0.2, 0.25) is 29.3 Å². The average Bonchev–Trinajstić information content (AvgIpc) is 3.81. The number of imide groups is 1. The molecule has 0 spiro atoms. The number of anilines is 2. The van der Waals surface area contributed by atoms with Gasteiger partial charge in [0.05, 0.1) is 23.8 Å². The van der Waals surface area contributed by atoms with E-state index in [-0.39, 0.29) is 25.5 Å². The van der Waals surface area contributed by atoms with E-state index in [1.807, 2.05) is 0 Å². The summed E-state index contributed by atoms with van der Waals surface area (Å²) < 4.78 is 16.4. The number of aliphatic hydroxyl groups excluding tert-OH is 2. The number of carbonyl (C=O) groups is 7. The standard InChI is InChI=1S/C38H47N9O12/c1-19(2)29(43-25(48)12-14-47-27(50)10-11-28(47)51)35(55)41-20(3)34(54)42-23-8-6-22(7-9-23)17-58-38(56)46(5)16-26(49)44-30-21(4)59-37(32(53)31(30)52)45-33-24-13-15-57-36(24)40-18-39-33/h6-11,13,15,18-21,29-32,37,52-53H,12,14,16-17H2,1-5H3,(H,41,55)(H,42,54)(H,43,48)(H,44,49)(H,39,40,45)/t20-,21-,29?,30-,31+,32+,37-/m0/s1. The number of hydrogen-bond acceptors (Lipinski definition) is 15. The van der Waals surface area contributed by atoms with Crippen molar-refractivity contribution in [1.29, 1.82) is 0 Å². The summed E-state index contributed by atoms with van der Waals surface area (Å²) in [4.78, 5) is 97.5. The Morgan fingerprint density at radius 3 is 2.31 bits per heavy atom. The molecule has 21 heteroatoms. The summed E-state index contributed by atoms with van der Waals surface area (Å²) in [5.74, 6) is -3.40. The highest BCUT2D eigenvalue weighted by Crippen LogP contribution is 2.26. The molecular formula is C38H47N9O12. The minimum atomic E-state index is -1.47. The van der Waals surface area contributed by atoms with E-state index < -0.39 is 90.7 Å². The number of aromatic nitrogens is 2. The molecule has 0 aliphatic carbocycles. The maximum absolute atomic E-state index is 13.0. The van der Waals surface area contributed by atoms with Crippen LogP contribution in [-0.4, -0.2) is 134 Å². The number of fused-ring (bicyclic) bond motifs is 1. The van der Waals surface area contributed by atoms with E-state index in [1.54, 1.807) is 51.1 Å². The van der Waals surface area contributed by atoms with Crippen molar-refractivity contribution in [3.8, 4) is 0 Å². The van der Waals surface area contributed by atoms with Gasteiger partial charge in [-0.2, -0.15) is 0 Å². The molecule has 7 atom stereocenters. The number of carbonyl (C=O) groups excluding carboxylic acids is 7. The van der Waals surface area contributed by atoms with Gasteiger partial charge in [-0.3, -0.25) is 33.7 Å². The molecule has 5 rings (SSSR count). The van der Waals surface area contributed by atoms with Crippen LogP contribution >= 0.6 is 0 Å². The highest BCUT2D eigenvalue weighted by Gasteiger charge is 2.44. The van der Waals surface area contributed by atoms with Crippen LogP contribution in [0.4, 0.5) is 16.3 Å². The Kier molecular flexibility index (Phi) is 14.3. The molecule has 4 heterocycles. The number of rotatable bonds is 16. The van der Waals surface area contributed by atoms with Gasteiger partial charge >= 0.3 is 6.09 Å². The molecule has 7 N–H and O–H groups in total. The molecule has 0 saturated carbocycles. The zero-order valence-corrected chi connectivity index (χ0v) is 32.9. The average molecular weight is 822 g/mol. The van der Waals surface area contributed by atoms with Crippen molar-refractivity contribution in [2.45, 2.75) is 83.4 Å². The van der Waals surface area contributed by atoms with Gasteiger partial charge in [-0.05, 0) is 43.5 Å². The van der Waals surface area contributed by atoms with Crippen LogP contribution < -0.4 is 26.6 Å². The van der Waals surface area contributed by atoms with Crippen molar-refractivity contribution < 1.29 is 57.7 Å². The second kappa shape index (κ2) is 19.3. The maximum atomic E-state index is 13.0. The number of nitrogens with one attached hydrogen (secondary N) is 5. The molecule has 3 aromatic rings. The monoisotopic (exact) mass is 821 g/mol. The second-order valence-corrected chi connectivity index (χ2v) is 14.4. The van der Waals surface area contributed by atoms with Gasteiger partial charge in [0.1, 0.15) is 49.6 Å². The molecule has 1 saturated heterocycles. The Morgan fingerprint density at radius 1 is 0.932 bits per heavy atom. The summed E-state index contributed by atoms with van der Waals surface area (Å²) in [5.41, 5.74) is 1.26. The molecule has 2 aromatic heterocycles.